The Morgan fingerprint density at radius 1 is 1.13 bits per heavy atom. The highest BCUT2D eigenvalue weighted by molar-refractivity contribution is 5.72. The maximum atomic E-state index is 10.9. The average molecular weight is 315 g/mol. The van der Waals surface area contributed by atoms with E-state index < -0.39 is 12.0 Å². The monoisotopic (exact) mass is 315 g/mol. The summed E-state index contributed by atoms with van der Waals surface area (Å²) in [7, 11) is 0. The van der Waals surface area contributed by atoms with Crippen LogP contribution in [0, 0.1) is 6.92 Å². The number of ether oxygens (including phenoxy) is 2. The highest BCUT2D eigenvalue weighted by Gasteiger charge is 2.15. The minimum Gasteiger partial charge on any atom is -0.544 e. The molecule has 2 aromatic carbocycles. The van der Waals surface area contributed by atoms with Gasteiger partial charge in [0, 0.05) is 5.56 Å². The molecule has 3 N–H and O–H groups in total. The Kier molecular flexibility index (Phi) is 5.60. The van der Waals surface area contributed by atoms with Gasteiger partial charge in [-0.2, -0.15) is 0 Å². The topological polar surface area (TPSA) is 86.2 Å². The summed E-state index contributed by atoms with van der Waals surface area (Å²) in [5.41, 5.74) is 6.35. The van der Waals surface area contributed by atoms with Crippen LogP contribution in [0.1, 0.15) is 29.7 Å². The van der Waals surface area contributed by atoms with E-state index in [-0.39, 0.29) is 0 Å². The zero-order valence-electron chi connectivity index (χ0n) is 13.4. The molecule has 2 aromatic rings. The lowest BCUT2D eigenvalue weighted by Gasteiger charge is -2.15. The van der Waals surface area contributed by atoms with E-state index >= 15 is 0 Å². The molecule has 122 valence electrons. The number of quaternary nitrogens is 1. The Balaban J connectivity index is 2.16. The molecule has 0 aliphatic carbocycles. The Labute approximate surface area is 135 Å². The van der Waals surface area contributed by atoms with Crippen LogP contribution in [0.25, 0.3) is 0 Å². The van der Waals surface area contributed by atoms with Gasteiger partial charge < -0.3 is 25.1 Å². The van der Waals surface area contributed by atoms with Gasteiger partial charge in [-0.15, -0.1) is 0 Å². The first kappa shape index (κ1) is 16.8. The Morgan fingerprint density at radius 2 is 1.83 bits per heavy atom. The van der Waals surface area contributed by atoms with Crippen LogP contribution in [0.2, 0.25) is 0 Å². The average Bonchev–Trinajstić information content (AvgIpc) is 2.54. The molecule has 0 aromatic heterocycles. The highest BCUT2D eigenvalue weighted by Crippen LogP contribution is 2.30. The molecule has 0 unspecified atom stereocenters. The van der Waals surface area contributed by atoms with Crippen molar-refractivity contribution >= 4 is 5.97 Å². The van der Waals surface area contributed by atoms with Crippen molar-refractivity contribution in [2.45, 2.75) is 26.5 Å². The molecule has 5 nitrogen and oxygen atoms in total. The molecule has 0 saturated carbocycles. The van der Waals surface area contributed by atoms with Crippen LogP contribution in [0.4, 0.5) is 0 Å². The van der Waals surface area contributed by atoms with Crippen LogP contribution in [0.3, 0.4) is 0 Å². The molecule has 0 saturated heterocycles. The van der Waals surface area contributed by atoms with E-state index in [9.17, 15) is 9.90 Å². The van der Waals surface area contributed by atoms with Crippen molar-refractivity contribution in [1.82, 2.24) is 0 Å². The molecule has 0 amide bonds. The number of carbonyl (C=O) groups is 1. The quantitative estimate of drug-likeness (QED) is 0.826. The first-order chi connectivity index (χ1) is 11.0. The molecule has 5 heteroatoms. The van der Waals surface area contributed by atoms with Gasteiger partial charge >= 0.3 is 0 Å². The summed E-state index contributed by atoms with van der Waals surface area (Å²) in [6.45, 7) is 4.76. The summed E-state index contributed by atoms with van der Waals surface area (Å²) < 4.78 is 11.4. The third kappa shape index (κ3) is 4.47. The minimum atomic E-state index is -1.22. The van der Waals surface area contributed by atoms with Crippen molar-refractivity contribution in [3.8, 4) is 11.5 Å². The lowest BCUT2D eigenvalue weighted by molar-refractivity contribution is -0.443. The SMILES string of the molecule is CCOc1cc([C@H]([NH3+])C(=O)[O-])ccc1OCc1ccc(C)cc1. The van der Waals surface area contributed by atoms with E-state index in [0.29, 0.717) is 30.3 Å². The first-order valence-electron chi connectivity index (χ1n) is 7.50. The van der Waals surface area contributed by atoms with E-state index in [0.717, 1.165) is 5.56 Å². The number of aliphatic carboxylic acids is 1. The molecule has 0 aliphatic heterocycles. The molecule has 1 atom stereocenters. The fraction of sp³-hybridized carbons (Fsp3) is 0.278. The largest absolute Gasteiger partial charge is 0.544 e. The summed E-state index contributed by atoms with van der Waals surface area (Å²) in [5, 5.41) is 10.9. The minimum absolute atomic E-state index is 0.411. The van der Waals surface area contributed by atoms with Crippen LogP contribution >= 0.6 is 0 Å². The predicted octanol–water partition coefficient (Wildman–Crippen LogP) is 1.01. The Hall–Kier alpha value is -2.53. The summed E-state index contributed by atoms with van der Waals surface area (Å²) >= 11 is 0. The molecule has 0 heterocycles. The third-order valence-electron chi connectivity index (χ3n) is 3.47. The number of carboxylic acid groups (broad SMARTS) is 1. The summed E-state index contributed by atoms with van der Waals surface area (Å²) in [4.78, 5) is 10.9. The first-order valence-corrected chi connectivity index (χ1v) is 7.50. The van der Waals surface area contributed by atoms with Crippen molar-refractivity contribution in [2.75, 3.05) is 6.61 Å². The number of benzene rings is 2. The highest BCUT2D eigenvalue weighted by atomic mass is 16.5. The molecule has 0 aliphatic rings. The van der Waals surface area contributed by atoms with Crippen LogP contribution in [-0.4, -0.2) is 12.6 Å². The Bertz CT molecular complexity index is 667. The number of hydrogen-bond acceptors (Lipinski definition) is 4. The van der Waals surface area contributed by atoms with Crippen LogP contribution < -0.4 is 20.3 Å². The zero-order valence-corrected chi connectivity index (χ0v) is 13.4. The number of rotatable bonds is 7. The van der Waals surface area contributed by atoms with E-state index in [1.807, 2.05) is 38.1 Å². The van der Waals surface area contributed by atoms with Gasteiger partial charge in [-0.3, -0.25) is 0 Å². The molecular weight excluding hydrogens is 294 g/mol. The fourth-order valence-corrected chi connectivity index (χ4v) is 2.11. The van der Waals surface area contributed by atoms with E-state index in [1.54, 1.807) is 18.2 Å². The van der Waals surface area contributed by atoms with Crippen molar-refractivity contribution in [2.24, 2.45) is 0 Å². The van der Waals surface area contributed by atoms with Crippen LogP contribution in [0.15, 0.2) is 42.5 Å². The second-order valence-electron chi connectivity index (χ2n) is 5.29. The lowest BCUT2D eigenvalue weighted by atomic mass is 10.1. The summed E-state index contributed by atoms with van der Waals surface area (Å²) in [6.07, 6.45) is 0. The van der Waals surface area contributed by atoms with Gasteiger partial charge in [-0.05, 0) is 37.6 Å². The molecule has 0 bridgehead atoms. The van der Waals surface area contributed by atoms with Gasteiger partial charge in [0.2, 0.25) is 0 Å². The van der Waals surface area contributed by atoms with E-state index in [2.05, 4.69) is 5.73 Å². The number of carbonyl (C=O) groups excluding carboxylic acids is 1. The van der Waals surface area contributed by atoms with E-state index in [4.69, 9.17) is 9.47 Å². The number of aryl methyl sites for hydroxylation is 1. The predicted molar refractivity (Wildman–Crippen MR) is 83.8 cm³/mol. The van der Waals surface area contributed by atoms with Crippen LogP contribution in [-0.2, 0) is 11.4 Å². The van der Waals surface area contributed by atoms with Crippen LogP contribution in [0.5, 0.6) is 11.5 Å². The fourth-order valence-electron chi connectivity index (χ4n) is 2.11. The Morgan fingerprint density at radius 3 is 2.43 bits per heavy atom. The maximum absolute atomic E-state index is 10.9. The van der Waals surface area contributed by atoms with Gasteiger partial charge in [0.25, 0.3) is 0 Å². The van der Waals surface area contributed by atoms with Gasteiger partial charge in [-0.1, -0.05) is 29.8 Å². The van der Waals surface area contributed by atoms with E-state index in [1.165, 1.54) is 5.56 Å². The van der Waals surface area contributed by atoms with Gasteiger partial charge in [0.15, 0.2) is 17.5 Å². The normalized spacial score (nSPS) is 11.8. The van der Waals surface area contributed by atoms with Crippen molar-refractivity contribution < 1.29 is 25.1 Å². The van der Waals surface area contributed by atoms with Gasteiger partial charge in [-0.25, -0.2) is 0 Å². The van der Waals surface area contributed by atoms with Crippen molar-refractivity contribution in [3.63, 3.8) is 0 Å². The summed E-state index contributed by atoms with van der Waals surface area (Å²) in [5.74, 6) is -0.144. The zero-order chi connectivity index (χ0) is 16.8. The third-order valence-corrected chi connectivity index (χ3v) is 3.47. The maximum Gasteiger partial charge on any atom is 0.161 e. The molecule has 0 radical (unpaired) electrons. The smallest absolute Gasteiger partial charge is 0.161 e. The van der Waals surface area contributed by atoms with Crippen molar-refractivity contribution in [3.05, 3.63) is 59.2 Å². The second-order valence-corrected chi connectivity index (χ2v) is 5.29. The van der Waals surface area contributed by atoms with Gasteiger partial charge in [0.1, 0.15) is 12.6 Å². The molecule has 0 fully saturated rings. The second kappa shape index (κ2) is 7.65. The van der Waals surface area contributed by atoms with Crippen molar-refractivity contribution in [1.29, 1.82) is 0 Å². The summed E-state index contributed by atoms with van der Waals surface area (Å²) in [6, 6.07) is 12.1. The molecule has 2 rings (SSSR count). The number of hydrogen-bond donors (Lipinski definition) is 1. The molecular formula is C18H21NO4. The lowest BCUT2D eigenvalue weighted by Crippen LogP contribution is -2.61. The van der Waals surface area contributed by atoms with Gasteiger partial charge in [0.05, 0.1) is 6.61 Å². The molecule has 0 spiro atoms. The number of carboxylic acids is 1. The standard InChI is InChI=1S/C18H21NO4/c1-3-22-16-10-14(17(19)18(20)21)8-9-15(16)23-11-13-6-4-12(2)5-7-13/h4-10,17H,3,11,19H2,1-2H3,(H,20,21)/t17-/m0/s1. The molecule has 23 heavy (non-hydrogen) atoms.